The van der Waals surface area contributed by atoms with E-state index >= 15 is 0 Å². The number of nitrogens with zero attached hydrogens (tertiary/aromatic N) is 1. The molecule has 1 aliphatic heterocycles. The molecule has 7 heteroatoms. The normalized spacial score (nSPS) is 14.0. The zero-order valence-corrected chi connectivity index (χ0v) is 12.4. The molecule has 0 amide bonds. The third-order valence-corrected chi connectivity index (χ3v) is 4.66. The van der Waals surface area contributed by atoms with Crippen molar-refractivity contribution in [3.8, 4) is 17.1 Å². The Kier molecular flexibility index (Phi) is 2.75. The van der Waals surface area contributed by atoms with Crippen molar-refractivity contribution in [1.29, 1.82) is 0 Å². The van der Waals surface area contributed by atoms with Gasteiger partial charge in [0.05, 0.1) is 22.5 Å². The Bertz CT molecular complexity index is 992. The molecule has 0 atom stereocenters. The summed E-state index contributed by atoms with van der Waals surface area (Å²) in [5.41, 5.74) is 3.43. The predicted molar refractivity (Wildman–Crippen MR) is 82.1 cm³/mol. The van der Waals surface area contributed by atoms with Crippen LogP contribution in [0.1, 0.15) is 5.56 Å². The van der Waals surface area contributed by atoms with E-state index in [-0.39, 0.29) is 4.90 Å². The quantitative estimate of drug-likeness (QED) is 0.753. The molecule has 0 spiro atoms. The summed E-state index contributed by atoms with van der Waals surface area (Å²) in [6, 6.07) is 10.5. The number of fused-ring (bicyclic) bond motifs is 2. The van der Waals surface area contributed by atoms with E-state index in [0.717, 1.165) is 23.3 Å². The summed E-state index contributed by atoms with van der Waals surface area (Å²) < 4.78 is 28.3. The SMILES string of the molecule is NS(=O)(=O)c1ccc2nc(-c3ccc4c(c3)CCO4)[nH]c2c1. The highest BCUT2D eigenvalue weighted by Gasteiger charge is 2.15. The second-order valence-corrected chi connectivity index (χ2v) is 6.79. The van der Waals surface area contributed by atoms with Crippen LogP contribution in [-0.4, -0.2) is 25.0 Å². The molecule has 0 saturated carbocycles. The number of sulfonamides is 1. The van der Waals surface area contributed by atoms with Crippen molar-refractivity contribution in [3.05, 3.63) is 42.0 Å². The smallest absolute Gasteiger partial charge is 0.238 e. The summed E-state index contributed by atoms with van der Waals surface area (Å²) >= 11 is 0. The molecule has 2 heterocycles. The summed E-state index contributed by atoms with van der Waals surface area (Å²) in [6.07, 6.45) is 0.888. The van der Waals surface area contributed by atoms with E-state index < -0.39 is 10.0 Å². The number of aromatic amines is 1. The molecule has 0 unspecified atom stereocenters. The third-order valence-electron chi connectivity index (χ3n) is 3.74. The van der Waals surface area contributed by atoms with Gasteiger partial charge in [-0.3, -0.25) is 0 Å². The average Bonchev–Trinajstić information content (AvgIpc) is 3.10. The lowest BCUT2D eigenvalue weighted by molar-refractivity contribution is 0.357. The van der Waals surface area contributed by atoms with E-state index in [1.165, 1.54) is 12.1 Å². The van der Waals surface area contributed by atoms with Crippen LogP contribution >= 0.6 is 0 Å². The molecule has 4 rings (SSSR count). The average molecular weight is 315 g/mol. The van der Waals surface area contributed by atoms with Gasteiger partial charge in [-0.15, -0.1) is 0 Å². The van der Waals surface area contributed by atoms with Gasteiger partial charge < -0.3 is 9.72 Å². The molecule has 3 N–H and O–H groups in total. The topological polar surface area (TPSA) is 98.1 Å². The van der Waals surface area contributed by atoms with Crippen LogP contribution in [0.4, 0.5) is 0 Å². The number of nitrogens with one attached hydrogen (secondary N) is 1. The molecule has 6 nitrogen and oxygen atoms in total. The molecule has 0 radical (unpaired) electrons. The van der Waals surface area contributed by atoms with Crippen molar-refractivity contribution in [1.82, 2.24) is 9.97 Å². The number of H-pyrrole nitrogens is 1. The van der Waals surface area contributed by atoms with Crippen LogP contribution in [0.15, 0.2) is 41.3 Å². The van der Waals surface area contributed by atoms with Gasteiger partial charge in [-0.2, -0.15) is 0 Å². The van der Waals surface area contributed by atoms with Gasteiger partial charge in [0, 0.05) is 12.0 Å². The Balaban J connectivity index is 1.83. The Hall–Kier alpha value is -2.38. The van der Waals surface area contributed by atoms with E-state index in [1.807, 2.05) is 18.2 Å². The van der Waals surface area contributed by atoms with Crippen LogP contribution in [-0.2, 0) is 16.4 Å². The number of benzene rings is 2. The number of hydrogen-bond donors (Lipinski definition) is 2. The van der Waals surface area contributed by atoms with Crippen LogP contribution in [0.5, 0.6) is 5.75 Å². The minimum atomic E-state index is -3.72. The van der Waals surface area contributed by atoms with Gasteiger partial charge in [-0.25, -0.2) is 18.5 Å². The van der Waals surface area contributed by atoms with Crippen LogP contribution < -0.4 is 9.88 Å². The first-order valence-corrected chi connectivity index (χ1v) is 8.34. The zero-order chi connectivity index (χ0) is 15.3. The van der Waals surface area contributed by atoms with Crippen LogP contribution in [0.3, 0.4) is 0 Å². The Morgan fingerprint density at radius 3 is 2.86 bits per heavy atom. The first-order valence-electron chi connectivity index (χ1n) is 6.79. The second-order valence-electron chi connectivity index (χ2n) is 5.23. The monoisotopic (exact) mass is 315 g/mol. The van der Waals surface area contributed by atoms with Crippen LogP contribution in [0.2, 0.25) is 0 Å². The van der Waals surface area contributed by atoms with Gasteiger partial charge in [0.25, 0.3) is 0 Å². The van der Waals surface area contributed by atoms with E-state index in [0.29, 0.717) is 23.5 Å². The molecule has 2 aromatic carbocycles. The summed E-state index contributed by atoms with van der Waals surface area (Å²) in [4.78, 5) is 7.71. The maximum atomic E-state index is 11.4. The first-order chi connectivity index (χ1) is 10.5. The summed E-state index contributed by atoms with van der Waals surface area (Å²) in [5.74, 6) is 1.60. The van der Waals surface area contributed by atoms with E-state index in [9.17, 15) is 8.42 Å². The van der Waals surface area contributed by atoms with Crippen molar-refractivity contribution >= 4 is 21.1 Å². The standard InChI is InChI=1S/C15H13N3O3S/c16-22(19,20)11-2-3-12-13(8-11)18-15(17-12)10-1-4-14-9(7-10)5-6-21-14/h1-4,7-8H,5-6H2,(H,17,18)(H2,16,19,20). The second kappa shape index (κ2) is 4.56. The van der Waals surface area contributed by atoms with E-state index in [4.69, 9.17) is 9.88 Å². The number of ether oxygens (including phenoxy) is 1. The van der Waals surface area contributed by atoms with Crippen molar-refractivity contribution in [2.45, 2.75) is 11.3 Å². The minimum Gasteiger partial charge on any atom is -0.493 e. The van der Waals surface area contributed by atoms with Gasteiger partial charge in [-0.05, 0) is 42.0 Å². The molecule has 112 valence electrons. The van der Waals surface area contributed by atoms with Crippen LogP contribution in [0, 0.1) is 0 Å². The molecule has 0 aliphatic carbocycles. The van der Waals surface area contributed by atoms with Crippen molar-refractivity contribution in [3.63, 3.8) is 0 Å². The molecule has 0 fully saturated rings. The highest BCUT2D eigenvalue weighted by molar-refractivity contribution is 7.89. The lowest BCUT2D eigenvalue weighted by atomic mass is 10.1. The Morgan fingerprint density at radius 2 is 2.05 bits per heavy atom. The zero-order valence-electron chi connectivity index (χ0n) is 11.5. The first kappa shape index (κ1) is 13.3. The van der Waals surface area contributed by atoms with Crippen LogP contribution in [0.25, 0.3) is 22.4 Å². The van der Waals surface area contributed by atoms with Crippen molar-refractivity contribution in [2.24, 2.45) is 5.14 Å². The Morgan fingerprint density at radius 1 is 1.18 bits per heavy atom. The molecule has 22 heavy (non-hydrogen) atoms. The van der Waals surface area contributed by atoms with Crippen molar-refractivity contribution < 1.29 is 13.2 Å². The summed E-state index contributed by atoms with van der Waals surface area (Å²) in [6.45, 7) is 0.705. The lowest BCUT2D eigenvalue weighted by Gasteiger charge is -2.01. The fraction of sp³-hybridized carbons (Fsp3) is 0.133. The lowest BCUT2D eigenvalue weighted by Crippen LogP contribution is -2.11. The molecule has 1 aromatic heterocycles. The number of nitrogens with two attached hydrogens (primary N) is 1. The fourth-order valence-corrected chi connectivity index (χ4v) is 3.18. The van der Waals surface area contributed by atoms with Gasteiger partial charge in [-0.1, -0.05) is 0 Å². The van der Waals surface area contributed by atoms with Gasteiger partial charge in [0.2, 0.25) is 10.0 Å². The highest BCUT2D eigenvalue weighted by atomic mass is 32.2. The molecule has 1 aliphatic rings. The van der Waals surface area contributed by atoms with Gasteiger partial charge in [0.1, 0.15) is 11.6 Å². The number of hydrogen-bond acceptors (Lipinski definition) is 4. The Labute approximate surface area is 127 Å². The molecule has 0 bridgehead atoms. The summed E-state index contributed by atoms with van der Waals surface area (Å²) in [5, 5.41) is 5.15. The predicted octanol–water partition coefficient (Wildman–Crippen LogP) is 1.81. The number of aromatic nitrogens is 2. The molecule has 3 aromatic rings. The molecule has 0 saturated heterocycles. The number of imidazole rings is 1. The number of primary sulfonamides is 1. The maximum absolute atomic E-state index is 11.4. The van der Waals surface area contributed by atoms with Gasteiger partial charge >= 0.3 is 0 Å². The van der Waals surface area contributed by atoms with E-state index in [1.54, 1.807) is 6.07 Å². The molecular formula is C15H13N3O3S. The molecular weight excluding hydrogens is 302 g/mol. The summed E-state index contributed by atoms with van der Waals surface area (Å²) in [7, 11) is -3.72. The van der Waals surface area contributed by atoms with E-state index in [2.05, 4.69) is 9.97 Å². The highest BCUT2D eigenvalue weighted by Crippen LogP contribution is 2.30. The number of rotatable bonds is 2. The minimum absolute atomic E-state index is 0.0672. The fourth-order valence-electron chi connectivity index (χ4n) is 2.64. The largest absolute Gasteiger partial charge is 0.493 e. The van der Waals surface area contributed by atoms with Crippen molar-refractivity contribution in [2.75, 3.05) is 6.61 Å². The maximum Gasteiger partial charge on any atom is 0.238 e. The third kappa shape index (κ3) is 2.15. The van der Waals surface area contributed by atoms with Gasteiger partial charge in [0.15, 0.2) is 0 Å².